The third kappa shape index (κ3) is 5.41. The van der Waals surface area contributed by atoms with Crippen LogP contribution in [0.3, 0.4) is 0 Å². The molecule has 1 fully saturated rings. The number of hydrogen-bond acceptors (Lipinski definition) is 4. The molecule has 0 spiro atoms. The topological polar surface area (TPSA) is 83.2 Å². The van der Waals surface area contributed by atoms with E-state index in [0.717, 1.165) is 19.3 Å². The van der Waals surface area contributed by atoms with E-state index in [1.54, 1.807) is 14.1 Å². The van der Waals surface area contributed by atoms with Gasteiger partial charge in [-0.1, -0.05) is 0 Å². The van der Waals surface area contributed by atoms with Crippen molar-refractivity contribution < 1.29 is 9.53 Å². The Balaban J connectivity index is 2.52. The van der Waals surface area contributed by atoms with E-state index in [2.05, 4.69) is 10.3 Å². The maximum absolute atomic E-state index is 12.1. The molecule has 0 saturated heterocycles. The van der Waals surface area contributed by atoms with Crippen LogP contribution in [0.25, 0.3) is 0 Å². The average Bonchev–Trinajstić information content (AvgIpc) is 2.83. The molecule has 0 aromatic carbocycles. The van der Waals surface area contributed by atoms with E-state index in [-0.39, 0.29) is 12.1 Å². The first-order valence-electron chi connectivity index (χ1n) is 7.32. The van der Waals surface area contributed by atoms with E-state index >= 15 is 0 Å². The number of ether oxygens (including phenoxy) is 1. The number of nitrogens with two attached hydrogens (primary N) is 1. The van der Waals surface area contributed by atoms with Gasteiger partial charge in [-0.25, -0.2) is 14.8 Å². The highest BCUT2D eigenvalue weighted by Gasteiger charge is 2.32. The monoisotopic (exact) mass is 299 g/mol. The second-order valence-corrected chi connectivity index (χ2v) is 6.49. The number of amides is 1. The van der Waals surface area contributed by atoms with Crippen LogP contribution in [0.15, 0.2) is 4.99 Å². The lowest BCUT2D eigenvalue weighted by atomic mass is 10.2. The van der Waals surface area contributed by atoms with Gasteiger partial charge in [-0.15, -0.1) is 0 Å². The van der Waals surface area contributed by atoms with Crippen molar-refractivity contribution in [2.24, 2.45) is 10.7 Å². The van der Waals surface area contributed by atoms with Crippen molar-refractivity contribution in [2.45, 2.75) is 57.7 Å². The van der Waals surface area contributed by atoms with Crippen LogP contribution >= 0.6 is 0 Å². The van der Waals surface area contributed by atoms with Crippen LogP contribution in [0.2, 0.25) is 0 Å². The Morgan fingerprint density at radius 1 is 1.33 bits per heavy atom. The lowest BCUT2D eigenvalue weighted by Crippen LogP contribution is -2.48. The lowest BCUT2D eigenvalue weighted by Gasteiger charge is -2.34. The zero-order chi connectivity index (χ0) is 16.2. The predicted molar refractivity (Wildman–Crippen MR) is 83.9 cm³/mol. The molecule has 7 heteroatoms. The maximum atomic E-state index is 12.1. The first-order chi connectivity index (χ1) is 9.64. The van der Waals surface area contributed by atoms with Gasteiger partial charge in [0.2, 0.25) is 0 Å². The van der Waals surface area contributed by atoms with Crippen molar-refractivity contribution in [2.75, 3.05) is 21.1 Å². The molecule has 7 nitrogen and oxygen atoms in total. The van der Waals surface area contributed by atoms with Gasteiger partial charge in [-0.05, 0) is 40.0 Å². The lowest BCUT2D eigenvalue weighted by molar-refractivity contribution is -0.0432. The summed E-state index contributed by atoms with van der Waals surface area (Å²) in [6.07, 6.45) is 2.59. The minimum absolute atomic E-state index is 0.282. The molecular formula is C14H29N5O2. The van der Waals surface area contributed by atoms with Gasteiger partial charge in [0.15, 0.2) is 5.96 Å². The Kier molecular flexibility index (Phi) is 5.83. The van der Waals surface area contributed by atoms with Crippen LogP contribution in [-0.4, -0.2) is 60.9 Å². The molecule has 0 aromatic rings. The average molecular weight is 299 g/mol. The Morgan fingerprint density at radius 3 is 2.48 bits per heavy atom. The smallest absolute Gasteiger partial charge is 0.424 e. The Morgan fingerprint density at radius 2 is 1.95 bits per heavy atom. The number of hydrogen-bond donors (Lipinski definition) is 2. The predicted octanol–water partition coefficient (Wildman–Crippen LogP) is 1.16. The van der Waals surface area contributed by atoms with Crippen LogP contribution in [-0.2, 0) is 4.74 Å². The van der Waals surface area contributed by atoms with Crippen molar-refractivity contribution >= 4 is 12.1 Å². The SMILES string of the molecule is CN=C(N)N[C@H]1CC[C@H](N(C)N(C)C(=O)OC(C)(C)C)C1. The highest BCUT2D eigenvalue weighted by Crippen LogP contribution is 2.24. The van der Waals surface area contributed by atoms with E-state index in [9.17, 15) is 4.79 Å². The summed E-state index contributed by atoms with van der Waals surface area (Å²) in [6.45, 7) is 5.59. The van der Waals surface area contributed by atoms with Crippen molar-refractivity contribution in [3.05, 3.63) is 0 Å². The fourth-order valence-corrected chi connectivity index (χ4v) is 2.40. The number of nitrogens with one attached hydrogen (secondary N) is 1. The second kappa shape index (κ2) is 6.98. The van der Waals surface area contributed by atoms with Crippen molar-refractivity contribution in [1.82, 2.24) is 15.3 Å². The van der Waals surface area contributed by atoms with Gasteiger partial charge in [-0.2, -0.15) is 0 Å². The number of rotatable bonds is 3. The molecular weight excluding hydrogens is 270 g/mol. The summed E-state index contributed by atoms with van der Waals surface area (Å²) < 4.78 is 5.38. The Hall–Kier alpha value is -1.50. The molecule has 122 valence electrons. The number of nitrogens with zero attached hydrogens (tertiary/aromatic N) is 3. The first-order valence-corrected chi connectivity index (χ1v) is 7.32. The highest BCUT2D eigenvalue weighted by atomic mass is 16.6. The van der Waals surface area contributed by atoms with E-state index in [1.165, 1.54) is 5.01 Å². The third-order valence-electron chi connectivity index (χ3n) is 3.66. The van der Waals surface area contributed by atoms with Gasteiger partial charge in [0, 0.05) is 33.2 Å². The molecule has 3 N–H and O–H groups in total. The fourth-order valence-electron chi connectivity index (χ4n) is 2.40. The first kappa shape index (κ1) is 17.6. The number of carbonyl (C=O) groups is 1. The molecule has 0 heterocycles. The van der Waals surface area contributed by atoms with Crippen LogP contribution in [0.4, 0.5) is 4.79 Å². The summed E-state index contributed by atoms with van der Waals surface area (Å²) in [4.78, 5) is 16.0. The minimum Gasteiger partial charge on any atom is -0.443 e. The molecule has 0 unspecified atom stereocenters. The summed E-state index contributed by atoms with van der Waals surface area (Å²) in [6, 6.07) is 0.581. The van der Waals surface area contributed by atoms with Crippen LogP contribution < -0.4 is 11.1 Å². The molecule has 1 amide bonds. The molecule has 2 atom stereocenters. The Bertz CT molecular complexity index is 391. The van der Waals surface area contributed by atoms with Crippen molar-refractivity contribution in [3.63, 3.8) is 0 Å². The van der Waals surface area contributed by atoms with Gasteiger partial charge in [0.1, 0.15) is 5.60 Å². The van der Waals surface area contributed by atoms with E-state index < -0.39 is 5.60 Å². The summed E-state index contributed by atoms with van der Waals surface area (Å²) >= 11 is 0. The summed E-state index contributed by atoms with van der Waals surface area (Å²) in [5, 5.41) is 6.66. The van der Waals surface area contributed by atoms with Gasteiger partial charge in [0.25, 0.3) is 0 Å². The molecule has 1 aliphatic carbocycles. The van der Waals surface area contributed by atoms with Gasteiger partial charge in [0.05, 0.1) is 0 Å². The van der Waals surface area contributed by atoms with Crippen LogP contribution in [0.5, 0.6) is 0 Å². The number of carbonyl (C=O) groups excluding carboxylic acids is 1. The summed E-state index contributed by atoms with van der Waals surface area (Å²) in [5.41, 5.74) is 5.20. The molecule has 0 bridgehead atoms. The molecule has 1 rings (SSSR count). The molecule has 0 radical (unpaired) electrons. The number of aliphatic imine (C=N–C) groups is 1. The van der Waals surface area contributed by atoms with E-state index in [4.69, 9.17) is 10.5 Å². The normalized spacial score (nSPS) is 23.3. The summed E-state index contributed by atoms with van der Waals surface area (Å²) in [5.74, 6) is 0.462. The largest absolute Gasteiger partial charge is 0.443 e. The third-order valence-corrected chi connectivity index (χ3v) is 3.66. The Labute approximate surface area is 127 Å². The zero-order valence-electron chi connectivity index (χ0n) is 14.0. The minimum atomic E-state index is -0.488. The van der Waals surface area contributed by atoms with Crippen LogP contribution in [0.1, 0.15) is 40.0 Å². The zero-order valence-corrected chi connectivity index (χ0v) is 14.0. The molecule has 0 aliphatic heterocycles. The number of hydrazine groups is 1. The van der Waals surface area contributed by atoms with Crippen LogP contribution in [0, 0.1) is 0 Å². The standard InChI is InChI=1S/C14H29N5O2/c1-14(2,3)21-13(20)19(6)18(5)11-8-7-10(9-11)17-12(15)16-4/h10-11H,7-9H2,1-6H3,(H3,15,16,17)/t10-,11-/m0/s1. The van der Waals surface area contributed by atoms with E-state index in [1.807, 2.05) is 32.8 Å². The molecule has 0 aromatic heterocycles. The van der Waals surface area contributed by atoms with Crippen molar-refractivity contribution in [3.8, 4) is 0 Å². The second-order valence-electron chi connectivity index (χ2n) is 6.49. The molecule has 1 aliphatic rings. The van der Waals surface area contributed by atoms with Crippen molar-refractivity contribution in [1.29, 1.82) is 0 Å². The quantitative estimate of drug-likeness (QED) is 0.464. The molecule has 21 heavy (non-hydrogen) atoms. The van der Waals surface area contributed by atoms with Gasteiger partial charge >= 0.3 is 6.09 Å². The maximum Gasteiger partial charge on any atom is 0.424 e. The fraction of sp³-hybridized carbons (Fsp3) is 0.857. The number of guanidine groups is 1. The van der Waals surface area contributed by atoms with E-state index in [0.29, 0.717) is 12.0 Å². The van der Waals surface area contributed by atoms with Gasteiger partial charge < -0.3 is 15.8 Å². The highest BCUT2D eigenvalue weighted by molar-refractivity contribution is 5.77. The summed E-state index contributed by atoms with van der Waals surface area (Å²) in [7, 11) is 5.31. The van der Waals surface area contributed by atoms with Gasteiger partial charge in [-0.3, -0.25) is 4.99 Å². The molecule has 1 saturated carbocycles.